The molecule has 0 N–H and O–H groups in total. The van der Waals surface area contributed by atoms with E-state index in [1.54, 1.807) is 6.26 Å². The third-order valence-electron chi connectivity index (χ3n) is 4.45. The third-order valence-corrected chi connectivity index (χ3v) is 4.45. The summed E-state index contributed by atoms with van der Waals surface area (Å²) in [6.45, 7) is 6.86. The highest BCUT2D eigenvalue weighted by molar-refractivity contribution is 5.67. The lowest BCUT2D eigenvalue weighted by molar-refractivity contribution is 0.249. The van der Waals surface area contributed by atoms with Gasteiger partial charge in [0.05, 0.1) is 18.2 Å². The second-order valence-corrected chi connectivity index (χ2v) is 6.69. The summed E-state index contributed by atoms with van der Waals surface area (Å²) >= 11 is 0. The van der Waals surface area contributed by atoms with Gasteiger partial charge in [0.15, 0.2) is 0 Å². The van der Waals surface area contributed by atoms with E-state index in [-0.39, 0.29) is 0 Å². The van der Waals surface area contributed by atoms with Crippen LogP contribution in [0.5, 0.6) is 0 Å². The van der Waals surface area contributed by atoms with Crippen molar-refractivity contribution >= 4 is 0 Å². The molecule has 122 valence electrons. The number of hydrogen-bond acceptors (Lipinski definition) is 4. The predicted octanol–water partition coefficient (Wildman–Crippen LogP) is 4.38. The number of fused-ring (bicyclic) bond motifs is 3. The molecule has 2 aromatic heterocycles. The van der Waals surface area contributed by atoms with E-state index in [0.29, 0.717) is 5.92 Å². The van der Waals surface area contributed by atoms with Gasteiger partial charge < -0.3 is 4.42 Å². The average molecular weight is 319 g/mol. The van der Waals surface area contributed by atoms with Crippen LogP contribution in [0, 0.1) is 0 Å². The van der Waals surface area contributed by atoms with E-state index >= 15 is 0 Å². The van der Waals surface area contributed by atoms with Gasteiger partial charge in [0.1, 0.15) is 5.82 Å². The zero-order chi connectivity index (χ0) is 16.5. The normalized spacial score (nSPS) is 14.3. The number of aromatic nitrogens is 2. The Kier molecular flexibility index (Phi) is 3.90. The summed E-state index contributed by atoms with van der Waals surface area (Å²) < 4.78 is 5.22. The number of nitrogens with zero attached hydrogens (tertiary/aromatic N) is 3. The fraction of sp³-hybridized carbons (Fsp3) is 0.300. The molecular weight excluding hydrogens is 298 g/mol. The van der Waals surface area contributed by atoms with Crippen LogP contribution >= 0.6 is 0 Å². The van der Waals surface area contributed by atoms with E-state index in [1.807, 2.05) is 18.5 Å². The molecule has 3 heterocycles. The van der Waals surface area contributed by atoms with Gasteiger partial charge in [0.2, 0.25) is 0 Å². The van der Waals surface area contributed by atoms with Crippen molar-refractivity contribution in [2.45, 2.75) is 39.4 Å². The Morgan fingerprint density at radius 2 is 1.96 bits per heavy atom. The highest BCUT2D eigenvalue weighted by Crippen LogP contribution is 2.32. The number of furan rings is 1. The Hall–Kier alpha value is -2.46. The Morgan fingerprint density at radius 3 is 2.75 bits per heavy atom. The SMILES string of the molecule is CC(C)c1ncc2c(n1)-c1ccccc1CN(Cc1ccoc1)C2. The van der Waals surface area contributed by atoms with Crippen molar-refractivity contribution in [2.24, 2.45) is 0 Å². The van der Waals surface area contributed by atoms with E-state index in [2.05, 4.69) is 48.0 Å². The molecule has 1 aromatic carbocycles. The molecule has 0 saturated carbocycles. The van der Waals surface area contributed by atoms with Crippen LogP contribution in [-0.2, 0) is 19.6 Å². The fourth-order valence-corrected chi connectivity index (χ4v) is 3.23. The summed E-state index contributed by atoms with van der Waals surface area (Å²) in [6.07, 6.45) is 5.55. The fourth-order valence-electron chi connectivity index (χ4n) is 3.23. The smallest absolute Gasteiger partial charge is 0.131 e. The maximum absolute atomic E-state index is 5.22. The highest BCUT2D eigenvalue weighted by atomic mass is 16.3. The van der Waals surface area contributed by atoms with Crippen molar-refractivity contribution in [1.29, 1.82) is 0 Å². The van der Waals surface area contributed by atoms with Crippen molar-refractivity contribution in [3.05, 3.63) is 71.6 Å². The van der Waals surface area contributed by atoms with Crippen molar-refractivity contribution in [3.8, 4) is 11.3 Å². The first kappa shape index (κ1) is 15.1. The minimum absolute atomic E-state index is 0.327. The lowest BCUT2D eigenvalue weighted by Crippen LogP contribution is -2.21. The molecule has 1 aliphatic heterocycles. The van der Waals surface area contributed by atoms with E-state index < -0.39 is 0 Å². The van der Waals surface area contributed by atoms with Gasteiger partial charge in [-0.15, -0.1) is 0 Å². The van der Waals surface area contributed by atoms with Crippen LogP contribution in [0.4, 0.5) is 0 Å². The minimum Gasteiger partial charge on any atom is -0.472 e. The van der Waals surface area contributed by atoms with Crippen molar-refractivity contribution in [2.75, 3.05) is 0 Å². The Bertz CT molecular complexity index is 840. The van der Waals surface area contributed by atoms with Crippen molar-refractivity contribution < 1.29 is 4.42 Å². The lowest BCUT2D eigenvalue weighted by Gasteiger charge is -2.20. The number of benzene rings is 1. The molecule has 0 amide bonds. The van der Waals surface area contributed by atoms with Crippen LogP contribution in [0.2, 0.25) is 0 Å². The van der Waals surface area contributed by atoms with Crippen LogP contribution < -0.4 is 0 Å². The number of hydrogen-bond donors (Lipinski definition) is 0. The lowest BCUT2D eigenvalue weighted by atomic mass is 10.0. The zero-order valence-electron chi connectivity index (χ0n) is 14.1. The first-order valence-electron chi connectivity index (χ1n) is 8.38. The Morgan fingerprint density at radius 1 is 1.12 bits per heavy atom. The first-order valence-corrected chi connectivity index (χ1v) is 8.38. The van der Waals surface area contributed by atoms with Crippen LogP contribution in [0.3, 0.4) is 0 Å². The number of rotatable bonds is 3. The van der Waals surface area contributed by atoms with Gasteiger partial charge in [-0.1, -0.05) is 38.1 Å². The van der Waals surface area contributed by atoms with E-state index in [9.17, 15) is 0 Å². The van der Waals surface area contributed by atoms with Gasteiger partial charge in [0.25, 0.3) is 0 Å². The maximum atomic E-state index is 5.22. The molecule has 0 aliphatic carbocycles. The molecule has 0 fully saturated rings. The van der Waals surface area contributed by atoms with Crippen LogP contribution in [0.1, 0.15) is 42.3 Å². The van der Waals surface area contributed by atoms with Crippen LogP contribution in [0.25, 0.3) is 11.3 Å². The van der Waals surface area contributed by atoms with Gasteiger partial charge in [0, 0.05) is 48.4 Å². The van der Waals surface area contributed by atoms with Gasteiger partial charge in [-0.25, -0.2) is 9.97 Å². The average Bonchev–Trinajstić information content (AvgIpc) is 3.03. The summed E-state index contributed by atoms with van der Waals surface area (Å²) in [5, 5.41) is 0. The molecule has 24 heavy (non-hydrogen) atoms. The standard InChI is InChI=1S/C20H21N3O/c1-14(2)20-21-9-17-12-23(10-15-7-8-24-13-15)11-16-5-3-4-6-18(16)19(17)22-20/h3-9,13-14H,10-12H2,1-2H3. The Labute approximate surface area is 142 Å². The van der Waals surface area contributed by atoms with Crippen molar-refractivity contribution in [3.63, 3.8) is 0 Å². The molecule has 0 spiro atoms. The predicted molar refractivity (Wildman–Crippen MR) is 93.2 cm³/mol. The van der Waals surface area contributed by atoms with Crippen LogP contribution in [0.15, 0.2) is 53.5 Å². The summed E-state index contributed by atoms with van der Waals surface area (Å²) in [7, 11) is 0. The highest BCUT2D eigenvalue weighted by Gasteiger charge is 2.22. The third kappa shape index (κ3) is 2.85. The molecule has 0 atom stereocenters. The van der Waals surface area contributed by atoms with E-state index in [4.69, 9.17) is 9.40 Å². The van der Waals surface area contributed by atoms with Crippen LogP contribution in [-0.4, -0.2) is 14.9 Å². The molecular formula is C20H21N3O. The summed E-state index contributed by atoms with van der Waals surface area (Å²) in [5.74, 6) is 1.24. The van der Waals surface area contributed by atoms with Gasteiger partial charge in [-0.05, 0) is 11.6 Å². The molecule has 3 aromatic rings. The zero-order valence-corrected chi connectivity index (χ0v) is 14.1. The second-order valence-electron chi connectivity index (χ2n) is 6.69. The molecule has 0 radical (unpaired) electrons. The summed E-state index contributed by atoms with van der Waals surface area (Å²) in [6, 6.07) is 10.6. The van der Waals surface area contributed by atoms with E-state index in [0.717, 1.165) is 31.2 Å². The van der Waals surface area contributed by atoms with Gasteiger partial charge in [-0.2, -0.15) is 0 Å². The summed E-state index contributed by atoms with van der Waals surface area (Å²) in [4.78, 5) is 11.9. The largest absolute Gasteiger partial charge is 0.472 e. The molecule has 4 nitrogen and oxygen atoms in total. The van der Waals surface area contributed by atoms with Gasteiger partial charge >= 0.3 is 0 Å². The Balaban J connectivity index is 1.77. The maximum Gasteiger partial charge on any atom is 0.131 e. The molecule has 1 aliphatic rings. The molecule has 4 heteroatoms. The topological polar surface area (TPSA) is 42.2 Å². The minimum atomic E-state index is 0.327. The first-order chi connectivity index (χ1) is 11.7. The van der Waals surface area contributed by atoms with E-state index in [1.165, 1.54) is 22.3 Å². The monoisotopic (exact) mass is 319 g/mol. The quantitative estimate of drug-likeness (QED) is 0.718. The molecule has 0 unspecified atom stereocenters. The molecule has 0 saturated heterocycles. The van der Waals surface area contributed by atoms with Gasteiger partial charge in [-0.3, -0.25) is 4.90 Å². The molecule has 0 bridgehead atoms. The molecule has 4 rings (SSSR count). The second kappa shape index (κ2) is 6.21. The van der Waals surface area contributed by atoms with Crippen molar-refractivity contribution in [1.82, 2.24) is 14.9 Å². The summed E-state index contributed by atoms with van der Waals surface area (Å²) in [5.41, 5.74) is 6.00.